The van der Waals surface area contributed by atoms with Crippen molar-refractivity contribution in [2.75, 3.05) is 19.6 Å². The molecule has 1 unspecified atom stereocenters. The van der Waals surface area contributed by atoms with Crippen LogP contribution in [-0.2, 0) is 19.9 Å². The van der Waals surface area contributed by atoms with Gasteiger partial charge in [0.05, 0.1) is 5.01 Å². The van der Waals surface area contributed by atoms with Crippen molar-refractivity contribution in [1.82, 2.24) is 24.8 Å². The highest BCUT2D eigenvalue weighted by Crippen LogP contribution is 2.20. The number of aromatic nitrogens is 3. The highest BCUT2D eigenvalue weighted by molar-refractivity contribution is 7.11. The van der Waals surface area contributed by atoms with E-state index in [2.05, 4.69) is 26.8 Å². The molecule has 1 atom stereocenters. The van der Waals surface area contributed by atoms with Gasteiger partial charge in [-0.2, -0.15) is 0 Å². The van der Waals surface area contributed by atoms with Gasteiger partial charge < -0.3 is 14.8 Å². The van der Waals surface area contributed by atoms with Gasteiger partial charge in [-0.15, -0.1) is 11.3 Å². The SMILES string of the molecule is Cc1cnc(CCNC(=O)N2CCCC(Cc3nccn3C)C2)s1. The molecule has 3 rings (SSSR count). The summed E-state index contributed by atoms with van der Waals surface area (Å²) in [6, 6.07) is 0.0489. The van der Waals surface area contributed by atoms with Crippen LogP contribution in [0.4, 0.5) is 4.79 Å². The van der Waals surface area contributed by atoms with E-state index in [9.17, 15) is 4.79 Å². The summed E-state index contributed by atoms with van der Waals surface area (Å²) in [6.07, 6.45) is 9.66. The molecule has 2 aromatic heterocycles. The quantitative estimate of drug-likeness (QED) is 0.903. The highest BCUT2D eigenvalue weighted by atomic mass is 32.1. The Hall–Kier alpha value is -1.89. The van der Waals surface area contributed by atoms with Gasteiger partial charge in [-0.3, -0.25) is 0 Å². The molecule has 2 aromatic rings. The van der Waals surface area contributed by atoms with Crippen LogP contribution in [0.15, 0.2) is 18.6 Å². The molecule has 1 aliphatic heterocycles. The number of piperidine rings is 1. The third-order valence-electron chi connectivity index (χ3n) is 4.48. The van der Waals surface area contributed by atoms with Crippen LogP contribution in [0, 0.1) is 12.8 Å². The van der Waals surface area contributed by atoms with Crippen molar-refractivity contribution in [2.24, 2.45) is 13.0 Å². The van der Waals surface area contributed by atoms with E-state index in [1.807, 2.05) is 30.5 Å². The Labute approximate surface area is 146 Å². The van der Waals surface area contributed by atoms with Crippen molar-refractivity contribution in [3.05, 3.63) is 34.3 Å². The molecule has 3 heterocycles. The van der Waals surface area contributed by atoms with Gasteiger partial charge >= 0.3 is 6.03 Å². The lowest BCUT2D eigenvalue weighted by Crippen LogP contribution is -2.46. The molecule has 130 valence electrons. The minimum atomic E-state index is 0.0489. The van der Waals surface area contributed by atoms with Crippen LogP contribution in [0.1, 0.15) is 28.6 Å². The summed E-state index contributed by atoms with van der Waals surface area (Å²) in [7, 11) is 2.02. The second-order valence-electron chi connectivity index (χ2n) is 6.46. The second kappa shape index (κ2) is 7.79. The Morgan fingerprint density at radius 1 is 1.46 bits per heavy atom. The standard InChI is InChI=1S/C17H25N5OS/c1-13-11-20-16(24-13)5-6-19-17(23)22-8-3-4-14(12-22)10-15-18-7-9-21(15)2/h7,9,11,14H,3-6,8,10,12H2,1-2H3,(H,19,23). The molecular formula is C17H25N5OS. The first-order valence-electron chi connectivity index (χ1n) is 8.52. The maximum Gasteiger partial charge on any atom is 0.317 e. The van der Waals surface area contributed by atoms with Crippen LogP contribution >= 0.6 is 11.3 Å². The first-order chi connectivity index (χ1) is 11.6. The van der Waals surface area contributed by atoms with Gasteiger partial charge in [0.1, 0.15) is 5.82 Å². The van der Waals surface area contributed by atoms with Gasteiger partial charge in [-0.05, 0) is 25.7 Å². The monoisotopic (exact) mass is 347 g/mol. The minimum absolute atomic E-state index is 0.0489. The maximum atomic E-state index is 12.4. The number of imidazole rings is 1. The Kier molecular flexibility index (Phi) is 5.50. The molecule has 1 saturated heterocycles. The molecule has 7 heteroatoms. The van der Waals surface area contributed by atoms with Gasteiger partial charge in [-0.25, -0.2) is 14.8 Å². The number of amides is 2. The van der Waals surface area contributed by atoms with E-state index in [0.717, 1.165) is 49.6 Å². The fourth-order valence-electron chi connectivity index (χ4n) is 3.17. The van der Waals surface area contributed by atoms with Crippen LogP contribution in [0.3, 0.4) is 0 Å². The van der Waals surface area contributed by atoms with Crippen molar-refractivity contribution in [2.45, 2.75) is 32.6 Å². The zero-order valence-corrected chi connectivity index (χ0v) is 15.2. The summed E-state index contributed by atoms with van der Waals surface area (Å²) in [6.45, 7) is 4.36. The molecule has 1 fully saturated rings. The lowest BCUT2D eigenvalue weighted by molar-refractivity contribution is 0.164. The molecule has 0 aliphatic carbocycles. The van der Waals surface area contributed by atoms with E-state index in [-0.39, 0.29) is 6.03 Å². The van der Waals surface area contributed by atoms with Crippen molar-refractivity contribution in [3.63, 3.8) is 0 Å². The average molecular weight is 347 g/mol. The number of thiazole rings is 1. The first-order valence-corrected chi connectivity index (χ1v) is 9.33. The Bertz CT molecular complexity index is 680. The zero-order valence-electron chi connectivity index (χ0n) is 14.4. The largest absolute Gasteiger partial charge is 0.338 e. The molecule has 0 bridgehead atoms. The summed E-state index contributed by atoms with van der Waals surface area (Å²) >= 11 is 1.69. The van der Waals surface area contributed by atoms with Gasteiger partial charge in [0, 0.05) is 63.0 Å². The van der Waals surface area contributed by atoms with Crippen LogP contribution in [0.2, 0.25) is 0 Å². The highest BCUT2D eigenvalue weighted by Gasteiger charge is 2.24. The lowest BCUT2D eigenvalue weighted by atomic mass is 9.94. The van der Waals surface area contributed by atoms with Gasteiger partial charge in [0.25, 0.3) is 0 Å². The van der Waals surface area contributed by atoms with Crippen molar-refractivity contribution in [3.8, 4) is 0 Å². The van der Waals surface area contributed by atoms with E-state index < -0.39 is 0 Å². The first kappa shape index (κ1) is 17.0. The van der Waals surface area contributed by atoms with E-state index >= 15 is 0 Å². The molecule has 24 heavy (non-hydrogen) atoms. The van der Waals surface area contributed by atoms with E-state index in [1.165, 1.54) is 4.88 Å². The summed E-state index contributed by atoms with van der Waals surface area (Å²) < 4.78 is 2.06. The number of aryl methyl sites for hydroxylation is 2. The molecule has 1 N–H and O–H groups in total. The zero-order chi connectivity index (χ0) is 16.9. The summed E-state index contributed by atoms with van der Waals surface area (Å²) in [5.74, 6) is 1.59. The molecule has 0 radical (unpaired) electrons. The predicted molar refractivity (Wildman–Crippen MR) is 95.2 cm³/mol. The van der Waals surface area contributed by atoms with E-state index in [4.69, 9.17) is 0 Å². The summed E-state index contributed by atoms with van der Waals surface area (Å²) in [4.78, 5) is 24.3. The number of hydrogen-bond donors (Lipinski definition) is 1. The predicted octanol–water partition coefficient (Wildman–Crippen LogP) is 2.39. The average Bonchev–Trinajstić information content (AvgIpc) is 3.16. The van der Waals surface area contributed by atoms with Crippen molar-refractivity contribution < 1.29 is 4.79 Å². The molecule has 0 aromatic carbocycles. The fraction of sp³-hybridized carbons (Fsp3) is 0.588. The Balaban J connectivity index is 1.45. The van der Waals surface area contributed by atoms with Crippen LogP contribution < -0.4 is 5.32 Å². The normalized spacial score (nSPS) is 17.9. The van der Waals surface area contributed by atoms with Crippen molar-refractivity contribution >= 4 is 17.4 Å². The molecular weight excluding hydrogens is 322 g/mol. The van der Waals surface area contributed by atoms with E-state index in [0.29, 0.717) is 12.5 Å². The lowest BCUT2D eigenvalue weighted by Gasteiger charge is -2.32. The Morgan fingerprint density at radius 3 is 3.04 bits per heavy atom. The number of hydrogen-bond acceptors (Lipinski definition) is 4. The smallest absolute Gasteiger partial charge is 0.317 e. The topological polar surface area (TPSA) is 63.1 Å². The number of carbonyl (C=O) groups excluding carboxylic acids is 1. The molecule has 1 aliphatic rings. The number of nitrogens with zero attached hydrogens (tertiary/aromatic N) is 4. The van der Waals surface area contributed by atoms with Gasteiger partial charge in [0.15, 0.2) is 0 Å². The fourth-order valence-corrected chi connectivity index (χ4v) is 3.96. The number of rotatable bonds is 5. The molecule has 0 saturated carbocycles. The Morgan fingerprint density at radius 2 is 2.33 bits per heavy atom. The van der Waals surface area contributed by atoms with Crippen LogP contribution in [-0.4, -0.2) is 45.1 Å². The summed E-state index contributed by atoms with van der Waals surface area (Å²) in [5.41, 5.74) is 0. The third-order valence-corrected chi connectivity index (χ3v) is 5.46. The summed E-state index contributed by atoms with van der Waals surface area (Å²) in [5, 5.41) is 4.12. The van der Waals surface area contributed by atoms with Gasteiger partial charge in [0.2, 0.25) is 0 Å². The molecule has 2 amide bonds. The third kappa shape index (κ3) is 4.35. The minimum Gasteiger partial charge on any atom is -0.338 e. The number of nitrogens with one attached hydrogen (secondary N) is 1. The maximum absolute atomic E-state index is 12.4. The number of likely N-dealkylation sites (tertiary alicyclic amines) is 1. The molecule has 0 spiro atoms. The van der Waals surface area contributed by atoms with Gasteiger partial charge in [-0.1, -0.05) is 0 Å². The second-order valence-corrected chi connectivity index (χ2v) is 7.78. The molecule has 6 nitrogen and oxygen atoms in total. The van der Waals surface area contributed by atoms with Crippen LogP contribution in [0.5, 0.6) is 0 Å². The van der Waals surface area contributed by atoms with E-state index in [1.54, 1.807) is 11.3 Å². The van der Waals surface area contributed by atoms with Crippen LogP contribution in [0.25, 0.3) is 0 Å². The number of carbonyl (C=O) groups is 1. The van der Waals surface area contributed by atoms with Crippen molar-refractivity contribution in [1.29, 1.82) is 0 Å². The number of urea groups is 1.